The van der Waals surface area contributed by atoms with Gasteiger partial charge in [0.2, 0.25) is 5.91 Å². The van der Waals surface area contributed by atoms with Crippen LogP contribution in [-0.4, -0.2) is 38.2 Å². The number of ether oxygens (including phenoxy) is 3. The highest BCUT2D eigenvalue weighted by molar-refractivity contribution is 5.81. The second kappa shape index (κ2) is 9.73. The van der Waals surface area contributed by atoms with Gasteiger partial charge in [-0.05, 0) is 60.4 Å². The normalized spacial score (nSPS) is 22.6. The molecule has 2 aromatic rings. The van der Waals surface area contributed by atoms with Crippen molar-refractivity contribution in [2.24, 2.45) is 11.8 Å². The third kappa shape index (κ3) is 4.42. The Morgan fingerprint density at radius 2 is 1.81 bits per heavy atom. The fourth-order valence-corrected chi connectivity index (χ4v) is 5.24. The second-order valence-corrected chi connectivity index (χ2v) is 8.54. The Balaban J connectivity index is 1.49. The first-order valence-corrected chi connectivity index (χ1v) is 11.3. The molecule has 166 valence electrons. The first-order valence-electron chi connectivity index (χ1n) is 11.3. The van der Waals surface area contributed by atoms with Gasteiger partial charge >= 0.3 is 0 Å². The minimum atomic E-state index is 0.0817. The molecule has 2 aliphatic rings. The van der Waals surface area contributed by atoms with Crippen molar-refractivity contribution in [1.82, 2.24) is 4.90 Å². The summed E-state index contributed by atoms with van der Waals surface area (Å²) in [5.41, 5.74) is 3.66. The van der Waals surface area contributed by atoms with E-state index in [9.17, 15) is 4.79 Å². The average molecular weight is 424 g/mol. The van der Waals surface area contributed by atoms with Crippen LogP contribution in [0.4, 0.5) is 0 Å². The predicted octanol–water partition coefficient (Wildman–Crippen LogP) is 4.78. The van der Waals surface area contributed by atoms with Crippen molar-refractivity contribution < 1.29 is 19.0 Å². The van der Waals surface area contributed by atoms with Crippen LogP contribution in [0.3, 0.4) is 0 Å². The number of amides is 1. The summed E-state index contributed by atoms with van der Waals surface area (Å²) in [6.45, 7) is 4.20. The molecule has 5 nitrogen and oxygen atoms in total. The first kappa shape index (κ1) is 21.7. The molecule has 2 aromatic carbocycles. The summed E-state index contributed by atoms with van der Waals surface area (Å²) in [6, 6.07) is 14.5. The molecule has 31 heavy (non-hydrogen) atoms. The van der Waals surface area contributed by atoms with Gasteiger partial charge in [-0.15, -0.1) is 0 Å². The molecular formula is C26H33NO4. The molecule has 0 N–H and O–H groups in total. The summed E-state index contributed by atoms with van der Waals surface area (Å²) in [5, 5.41) is 0. The van der Waals surface area contributed by atoms with Crippen molar-refractivity contribution in [3.8, 4) is 11.5 Å². The smallest absolute Gasteiger partial charge is 0.226 e. The summed E-state index contributed by atoms with van der Waals surface area (Å²) in [6.07, 6.45) is 3.62. The van der Waals surface area contributed by atoms with Crippen LogP contribution in [-0.2, 0) is 22.6 Å². The van der Waals surface area contributed by atoms with Crippen LogP contribution in [0.1, 0.15) is 48.9 Å². The van der Waals surface area contributed by atoms with Crippen LogP contribution < -0.4 is 9.47 Å². The lowest BCUT2D eigenvalue weighted by molar-refractivity contribution is -0.147. The van der Waals surface area contributed by atoms with Crippen LogP contribution >= 0.6 is 0 Å². The third-order valence-corrected chi connectivity index (χ3v) is 6.88. The molecule has 2 aliphatic heterocycles. The number of carbonyl (C=O) groups is 1. The van der Waals surface area contributed by atoms with E-state index in [2.05, 4.69) is 36.1 Å². The number of benzene rings is 2. The number of piperidine rings is 1. The Morgan fingerprint density at radius 1 is 1.06 bits per heavy atom. The molecule has 1 saturated heterocycles. The zero-order chi connectivity index (χ0) is 21.8. The molecule has 5 heteroatoms. The molecule has 0 spiro atoms. The van der Waals surface area contributed by atoms with Crippen LogP contribution in [0, 0.1) is 11.8 Å². The van der Waals surface area contributed by atoms with Crippen molar-refractivity contribution in [1.29, 1.82) is 0 Å². The second-order valence-electron chi connectivity index (χ2n) is 8.54. The molecular weight excluding hydrogens is 390 g/mol. The summed E-state index contributed by atoms with van der Waals surface area (Å²) >= 11 is 0. The van der Waals surface area contributed by atoms with Gasteiger partial charge in [0, 0.05) is 19.1 Å². The predicted molar refractivity (Wildman–Crippen MR) is 120 cm³/mol. The number of rotatable bonds is 8. The molecule has 0 aliphatic carbocycles. The van der Waals surface area contributed by atoms with Crippen molar-refractivity contribution in [2.45, 2.75) is 45.3 Å². The number of carbonyl (C=O) groups excluding carboxylic acids is 1. The number of hydrogen-bond acceptors (Lipinski definition) is 4. The fourth-order valence-electron chi connectivity index (χ4n) is 5.24. The van der Waals surface area contributed by atoms with E-state index in [1.807, 2.05) is 18.2 Å². The lowest BCUT2D eigenvalue weighted by Crippen LogP contribution is -2.50. The van der Waals surface area contributed by atoms with E-state index in [4.69, 9.17) is 14.2 Å². The Labute approximate surface area is 185 Å². The van der Waals surface area contributed by atoms with Crippen molar-refractivity contribution in [3.05, 3.63) is 59.2 Å². The highest BCUT2D eigenvalue weighted by atomic mass is 16.5. The van der Waals surface area contributed by atoms with E-state index in [0.29, 0.717) is 25.0 Å². The van der Waals surface area contributed by atoms with Crippen LogP contribution in [0.5, 0.6) is 11.5 Å². The maximum atomic E-state index is 13.4. The number of methoxy groups -OCH3 is 2. The van der Waals surface area contributed by atoms with Crippen LogP contribution in [0.15, 0.2) is 42.5 Å². The van der Waals surface area contributed by atoms with Crippen molar-refractivity contribution in [3.63, 3.8) is 0 Å². The van der Waals surface area contributed by atoms with E-state index in [1.54, 1.807) is 14.2 Å². The van der Waals surface area contributed by atoms with E-state index in [1.165, 1.54) is 16.7 Å². The van der Waals surface area contributed by atoms with Crippen molar-refractivity contribution in [2.75, 3.05) is 27.4 Å². The van der Waals surface area contributed by atoms with E-state index in [-0.39, 0.29) is 12.0 Å². The van der Waals surface area contributed by atoms with Gasteiger partial charge in [0.05, 0.1) is 26.9 Å². The summed E-state index contributed by atoms with van der Waals surface area (Å²) < 4.78 is 17.0. The maximum absolute atomic E-state index is 13.4. The highest BCUT2D eigenvalue weighted by Crippen LogP contribution is 2.46. The highest BCUT2D eigenvalue weighted by Gasteiger charge is 2.43. The Hall–Kier alpha value is -2.53. The molecule has 4 rings (SSSR count). The van der Waals surface area contributed by atoms with Gasteiger partial charge in [-0.3, -0.25) is 4.79 Å². The lowest BCUT2D eigenvalue weighted by atomic mass is 9.74. The SMILES string of the molecule is CC[C@H]1C(=O)N2CCc3cc(OC)c(OC)cc3[C@@H]2C[C@@H]1CCOCc1ccccc1. The number of hydrogen-bond donors (Lipinski definition) is 0. The summed E-state index contributed by atoms with van der Waals surface area (Å²) in [5.74, 6) is 2.20. The summed E-state index contributed by atoms with van der Waals surface area (Å²) in [4.78, 5) is 15.5. The van der Waals surface area contributed by atoms with Gasteiger partial charge in [0.15, 0.2) is 11.5 Å². The van der Waals surface area contributed by atoms with E-state index >= 15 is 0 Å². The Bertz CT molecular complexity index is 898. The third-order valence-electron chi connectivity index (χ3n) is 6.88. The topological polar surface area (TPSA) is 48.0 Å². The molecule has 0 aromatic heterocycles. The van der Waals surface area contributed by atoms with Gasteiger partial charge < -0.3 is 19.1 Å². The minimum Gasteiger partial charge on any atom is -0.493 e. The minimum absolute atomic E-state index is 0.0817. The molecule has 0 radical (unpaired) electrons. The zero-order valence-corrected chi connectivity index (χ0v) is 18.8. The zero-order valence-electron chi connectivity index (χ0n) is 18.8. The largest absolute Gasteiger partial charge is 0.493 e. The molecule has 1 amide bonds. The Morgan fingerprint density at radius 3 is 2.52 bits per heavy atom. The number of nitrogens with zero attached hydrogens (tertiary/aromatic N) is 1. The average Bonchev–Trinajstić information content (AvgIpc) is 2.81. The van der Waals surface area contributed by atoms with Crippen molar-refractivity contribution >= 4 is 5.91 Å². The number of fused-ring (bicyclic) bond motifs is 3. The van der Waals surface area contributed by atoms with Gasteiger partial charge in [-0.1, -0.05) is 37.3 Å². The quantitative estimate of drug-likeness (QED) is 0.573. The van der Waals surface area contributed by atoms with Gasteiger partial charge in [-0.2, -0.15) is 0 Å². The standard InChI is InChI=1S/C26H33NO4/c1-4-21-20(11-13-31-17-18-8-6-5-7-9-18)14-23-22-16-25(30-3)24(29-2)15-19(22)10-12-27(23)26(21)28/h5-9,15-16,20-21,23H,4,10-14,17H2,1-3H3/t20-,21+,23-/m0/s1. The van der Waals surface area contributed by atoms with Gasteiger partial charge in [0.25, 0.3) is 0 Å². The molecule has 0 unspecified atom stereocenters. The first-order chi connectivity index (χ1) is 15.2. The Kier molecular flexibility index (Phi) is 6.81. The molecule has 1 fully saturated rings. The summed E-state index contributed by atoms with van der Waals surface area (Å²) in [7, 11) is 3.33. The van der Waals surface area contributed by atoms with Crippen LogP contribution in [0.2, 0.25) is 0 Å². The molecule has 2 heterocycles. The van der Waals surface area contributed by atoms with E-state index in [0.717, 1.165) is 43.7 Å². The molecule has 0 bridgehead atoms. The van der Waals surface area contributed by atoms with Gasteiger partial charge in [0.1, 0.15) is 0 Å². The lowest BCUT2D eigenvalue weighted by Gasteiger charge is -2.47. The van der Waals surface area contributed by atoms with Crippen LogP contribution in [0.25, 0.3) is 0 Å². The van der Waals surface area contributed by atoms with Gasteiger partial charge in [-0.25, -0.2) is 0 Å². The maximum Gasteiger partial charge on any atom is 0.226 e. The van der Waals surface area contributed by atoms with E-state index < -0.39 is 0 Å². The molecule has 0 saturated carbocycles. The fraction of sp³-hybridized carbons (Fsp3) is 0.500. The monoisotopic (exact) mass is 423 g/mol. The molecule has 3 atom stereocenters.